The molecule has 5 nitrogen and oxygen atoms in total. The molecule has 2 aromatic heterocycles. The van der Waals surface area contributed by atoms with Crippen LogP contribution in [0.2, 0.25) is 0 Å². The molecule has 0 fully saturated rings. The highest BCUT2D eigenvalue weighted by molar-refractivity contribution is 7.18. The number of aryl methyl sites for hydroxylation is 2. The van der Waals surface area contributed by atoms with Crippen molar-refractivity contribution < 1.29 is 0 Å². The monoisotopic (exact) mass is 285 g/mol. The lowest BCUT2D eigenvalue weighted by Crippen LogP contribution is -2.04. The van der Waals surface area contributed by atoms with Crippen LogP contribution in [0.5, 0.6) is 0 Å². The topological polar surface area (TPSA) is 76.7 Å². The minimum atomic E-state index is 0.589. The van der Waals surface area contributed by atoms with Gasteiger partial charge in [0, 0.05) is 6.20 Å². The van der Waals surface area contributed by atoms with Crippen LogP contribution in [0.1, 0.15) is 16.4 Å². The Kier molecular flexibility index (Phi) is 3.23. The maximum Gasteiger partial charge on any atom is 0.0907 e. The Bertz CT molecular complexity index is 748. The van der Waals surface area contributed by atoms with Crippen LogP contribution in [0, 0.1) is 13.8 Å². The van der Waals surface area contributed by atoms with Crippen LogP contribution in [0.3, 0.4) is 0 Å². The van der Waals surface area contributed by atoms with Crippen LogP contribution >= 0.6 is 11.3 Å². The Morgan fingerprint density at radius 1 is 1.20 bits per heavy atom. The lowest BCUT2D eigenvalue weighted by atomic mass is 10.2. The molecule has 0 aliphatic carbocycles. The Balaban J connectivity index is 1.83. The predicted molar refractivity (Wildman–Crippen MR) is 82.9 cm³/mol. The van der Waals surface area contributed by atoms with E-state index in [9.17, 15) is 0 Å². The molecule has 0 aliphatic heterocycles. The van der Waals surface area contributed by atoms with Crippen molar-refractivity contribution in [1.29, 1.82) is 0 Å². The molecule has 0 aliphatic rings. The van der Waals surface area contributed by atoms with E-state index in [4.69, 9.17) is 5.73 Å². The molecule has 0 spiro atoms. The van der Waals surface area contributed by atoms with Crippen LogP contribution in [-0.2, 0) is 6.54 Å². The smallest absolute Gasteiger partial charge is 0.0907 e. The first-order valence-electron chi connectivity index (χ1n) is 6.30. The number of rotatable bonds is 3. The molecule has 0 unspecified atom stereocenters. The third-order valence-electron chi connectivity index (χ3n) is 2.96. The van der Waals surface area contributed by atoms with Gasteiger partial charge in [0.05, 0.1) is 50.7 Å². The molecule has 0 radical (unpaired) electrons. The standard InChI is InChI=1S/C14H15N5S/c1-8-5-17-10(6-16-8)7-18-12-4-13-14(3-11(12)15)20-9(2)19-13/h3-6,18H,7,15H2,1-2H3. The van der Waals surface area contributed by atoms with Crippen molar-refractivity contribution in [2.45, 2.75) is 20.4 Å². The van der Waals surface area contributed by atoms with E-state index in [1.807, 2.05) is 26.0 Å². The summed E-state index contributed by atoms with van der Waals surface area (Å²) in [5.41, 5.74) is 10.4. The number of hydrogen-bond acceptors (Lipinski definition) is 6. The average molecular weight is 285 g/mol. The second-order valence-electron chi connectivity index (χ2n) is 4.64. The second-order valence-corrected chi connectivity index (χ2v) is 5.88. The first-order valence-corrected chi connectivity index (χ1v) is 7.11. The van der Waals surface area contributed by atoms with Gasteiger partial charge in [-0.15, -0.1) is 11.3 Å². The normalized spacial score (nSPS) is 10.9. The number of thiazole rings is 1. The van der Waals surface area contributed by atoms with Crippen LogP contribution < -0.4 is 11.1 Å². The number of hydrogen-bond donors (Lipinski definition) is 2. The van der Waals surface area contributed by atoms with Gasteiger partial charge < -0.3 is 11.1 Å². The van der Waals surface area contributed by atoms with Crippen LogP contribution in [0.25, 0.3) is 10.2 Å². The summed E-state index contributed by atoms with van der Waals surface area (Å²) in [7, 11) is 0. The fraction of sp³-hybridized carbons (Fsp3) is 0.214. The molecule has 3 N–H and O–H groups in total. The van der Waals surface area contributed by atoms with Crippen molar-refractivity contribution in [3.05, 3.63) is 40.9 Å². The zero-order valence-electron chi connectivity index (χ0n) is 11.3. The Morgan fingerprint density at radius 3 is 2.80 bits per heavy atom. The Morgan fingerprint density at radius 2 is 2.05 bits per heavy atom. The molecule has 0 atom stereocenters. The van der Waals surface area contributed by atoms with Crippen LogP contribution in [-0.4, -0.2) is 15.0 Å². The molecule has 20 heavy (non-hydrogen) atoms. The van der Waals surface area contributed by atoms with Crippen molar-refractivity contribution in [3.63, 3.8) is 0 Å². The van der Waals surface area contributed by atoms with E-state index in [1.54, 1.807) is 23.7 Å². The summed E-state index contributed by atoms with van der Waals surface area (Å²) in [6.07, 6.45) is 3.53. The molecule has 102 valence electrons. The summed E-state index contributed by atoms with van der Waals surface area (Å²) in [6.45, 7) is 4.50. The zero-order chi connectivity index (χ0) is 14.1. The molecule has 6 heteroatoms. The molecule has 3 aromatic rings. The lowest BCUT2D eigenvalue weighted by molar-refractivity contribution is 0.985. The van der Waals surface area contributed by atoms with Gasteiger partial charge >= 0.3 is 0 Å². The van der Waals surface area contributed by atoms with Crippen molar-refractivity contribution in [1.82, 2.24) is 15.0 Å². The molecule has 1 aromatic carbocycles. The number of nitrogens with two attached hydrogens (primary N) is 1. The van der Waals surface area contributed by atoms with Gasteiger partial charge in [-0.05, 0) is 26.0 Å². The molecule has 3 rings (SSSR count). The number of nitrogen functional groups attached to an aromatic ring is 1. The first-order chi connectivity index (χ1) is 9.61. The minimum absolute atomic E-state index is 0.589. The van der Waals surface area contributed by atoms with Crippen molar-refractivity contribution >= 4 is 32.9 Å². The summed E-state index contributed by atoms with van der Waals surface area (Å²) in [4.78, 5) is 13.0. The highest BCUT2D eigenvalue weighted by atomic mass is 32.1. The molecule has 0 saturated heterocycles. The van der Waals surface area contributed by atoms with E-state index in [1.165, 1.54) is 0 Å². The fourth-order valence-electron chi connectivity index (χ4n) is 1.95. The van der Waals surface area contributed by atoms with E-state index in [0.717, 1.165) is 38.0 Å². The first kappa shape index (κ1) is 12.8. The lowest BCUT2D eigenvalue weighted by Gasteiger charge is -2.08. The second kappa shape index (κ2) is 5.05. The fourth-order valence-corrected chi connectivity index (χ4v) is 2.81. The van der Waals surface area contributed by atoms with Crippen molar-refractivity contribution in [2.24, 2.45) is 0 Å². The molecule has 0 saturated carbocycles. The predicted octanol–water partition coefficient (Wildman–Crippen LogP) is 2.90. The Hall–Kier alpha value is -2.21. The maximum atomic E-state index is 6.06. The van der Waals surface area contributed by atoms with Crippen LogP contribution in [0.4, 0.5) is 11.4 Å². The Labute approximate surface area is 120 Å². The highest BCUT2D eigenvalue weighted by Crippen LogP contribution is 2.29. The van der Waals surface area contributed by atoms with Gasteiger partial charge in [-0.3, -0.25) is 9.97 Å². The number of anilines is 2. The third kappa shape index (κ3) is 2.55. The molecule has 0 amide bonds. The number of benzene rings is 1. The van der Waals surface area contributed by atoms with Gasteiger partial charge in [-0.25, -0.2) is 4.98 Å². The zero-order valence-corrected chi connectivity index (χ0v) is 12.2. The molecular formula is C14H15N5S. The van der Waals surface area contributed by atoms with Gasteiger partial charge in [0.15, 0.2) is 0 Å². The number of fused-ring (bicyclic) bond motifs is 1. The summed E-state index contributed by atoms with van der Waals surface area (Å²) < 4.78 is 1.11. The van der Waals surface area contributed by atoms with Gasteiger partial charge in [-0.1, -0.05) is 0 Å². The van der Waals surface area contributed by atoms with Gasteiger partial charge in [0.2, 0.25) is 0 Å². The van der Waals surface area contributed by atoms with Crippen LogP contribution in [0.15, 0.2) is 24.5 Å². The van der Waals surface area contributed by atoms with Gasteiger partial charge in [0.1, 0.15) is 0 Å². The number of nitrogens with one attached hydrogen (secondary N) is 1. The quantitative estimate of drug-likeness (QED) is 0.724. The van der Waals surface area contributed by atoms with E-state index in [-0.39, 0.29) is 0 Å². The summed E-state index contributed by atoms with van der Waals surface area (Å²) >= 11 is 1.65. The van der Waals surface area contributed by atoms with Crippen molar-refractivity contribution in [2.75, 3.05) is 11.1 Å². The SMILES string of the molecule is Cc1cnc(CNc2cc3nc(C)sc3cc2N)cn1. The van der Waals surface area contributed by atoms with Gasteiger partial charge in [0.25, 0.3) is 0 Å². The summed E-state index contributed by atoms with van der Waals surface area (Å²) in [6, 6.07) is 3.94. The van der Waals surface area contributed by atoms with E-state index >= 15 is 0 Å². The number of nitrogens with zero attached hydrogens (tertiary/aromatic N) is 3. The van der Waals surface area contributed by atoms with Crippen molar-refractivity contribution in [3.8, 4) is 0 Å². The van der Waals surface area contributed by atoms with E-state index < -0.39 is 0 Å². The number of aromatic nitrogens is 3. The highest BCUT2D eigenvalue weighted by Gasteiger charge is 2.06. The average Bonchev–Trinajstić information content (AvgIpc) is 2.77. The maximum absolute atomic E-state index is 6.06. The van der Waals surface area contributed by atoms with E-state index in [0.29, 0.717) is 6.54 Å². The summed E-state index contributed by atoms with van der Waals surface area (Å²) in [5.74, 6) is 0. The molecule has 2 heterocycles. The molecular weight excluding hydrogens is 270 g/mol. The third-order valence-corrected chi connectivity index (χ3v) is 3.89. The largest absolute Gasteiger partial charge is 0.397 e. The molecule has 0 bridgehead atoms. The summed E-state index contributed by atoms with van der Waals surface area (Å²) in [5, 5.41) is 4.33. The van der Waals surface area contributed by atoms with E-state index in [2.05, 4.69) is 20.3 Å². The van der Waals surface area contributed by atoms with Gasteiger partial charge in [-0.2, -0.15) is 0 Å². The minimum Gasteiger partial charge on any atom is -0.397 e.